The first-order chi connectivity index (χ1) is 14.2. The van der Waals surface area contributed by atoms with Gasteiger partial charge in [-0.3, -0.25) is 19.3 Å². The lowest BCUT2D eigenvalue weighted by molar-refractivity contribution is -0.169. The van der Waals surface area contributed by atoms with Gasteiger partial charge in [0.2, 0.25) is 0 Å². The van der Waals surface area contributed by atoms with Crippen LogP contribution in [0, 0.1) is 11.3 Å². The maximum atomic E-state index is 13.4. The van der Waals surface area contributed by atoms with Crippen LogP contribution in [0.3, 0.4) is 0 Å². The van der Waals surface area contributed by atoms with Gasteiger partial charge < -0.3 is 4.74 Å². The second-order valence-corrected chi connectivity index (χ2v) is 6.56. The summed E-state index contributed by atoms with van der Waals surface area (Å²) in [6.07, 6.45) is -5.19. The zero-order valence-corrected chi connectivity index (χ0v) is 15.7. The van der Waals surface area contributed by atoms with Crippen molar-refractivity contribution in [2.75, 3.05) is 12.0 Å². The molecule has 6 nitrogen and oxygen atoms in total. The van der Waals surface area contributed by atoms with Gasteiger partial charge in [0.1, 0.15) is 5.92 Å². The molecule has 0 saturated heterocycles. The van der Waals surface area contributed by atoms with Crippen molar-refractivity contribution in [2.45, 2.75) is 24.9 Å². The van der Waals surface area contributed by atoms with E-state index in [9.17, 15) is 27.6 Å². The highest BCUT2D eigenvalue weighted by Gasteiger charge is 2.45. The van der Waals surface area contributed by atoms with Gasteiger partial charge in [0, 0.05) is 12.1 Å². The molecule has 2 aromatic rings. The van der Waals surface area contributed by atoms with Crippen molar-refractivity contribution >= 4 is 29.0 Å². The lowest BCUT2D eigenvalue weighted by atomic mass is 9.80. The molecule has 0 spiro atoms. The first-order valence-corrected chi connectivity index (χ1v) is 8.82. The number of ketones is 1. The number of rotatable bonds is 3. The van der Waals surface area contributed by atoms with Crippen molar-refractivity contribution in [1.29, 1.82) is 5.26 Å². The van der Waals surface area contributed by atoms with Gasteiger partial charge in [-0.25, -0.2) is 0 Å². The van der Waals surface area contributed by atoms with Crippen LogP contribution < -0.4 is 4.90 Å². The number of anilines is 2. The minimum Gasteiger partial charge on any atom is -0.468 e. The second-order valence-electron chi connectivity index (χ2n) is 6.56. The third-order valence-corrected chi connectivity index (χ3v) is 4.82. The van der Waals surface area contributed by atoms with E-state index in [4.69, 9.17) is 5.26 Å². The van der Waals surface area contributed by atoms with Crippen LogP contribution in [0.5, 0.6) is 0 Å². The SMILES string of the molecule is COC(=O)C1C(=O)CCc2c1cccc2N(C(=O)C(F)(F)F)c1ccc(C#N)cc1. The number of Topliss-reactive ketones (excluding diaryl/α,β-unsaturated/α-hetero) is 1. The number of amides is 1. The number of nitrogens with zero attached hydrogens (tertiary/aromatic N) is 2. The number of methoxy groups -OCH3 is 1. The van der Waals surface area contributed by atoms with Gasteiger partial charge >= 0.3 is 18.1 Å². The fourth-order valence-corrected chi connectivity index (χ4v) is 3.46. The molecular weight excluding hydrogens is 401 g/mol. The first-order valence-electron chi connectivity index (χ1n) is 8.82. The summed E-state index contributed by atoms with van der Waals surface area (Å²) in [5.41, 5.74) is 0.528. The zero-order valence-electron chi connectivity index (χ0n) is 15.7. The predicted octanol–water partition coefficient (Wildman–Crippen LogP) is 3.56. The number of carbonyl (C=O) groups excluding carboxylic acids is 3. The molecule has 1 unspecified atom stereocenters. The van der Waals surface area contributed by atoms with E-state index in [1.54, 1.807) is 0 Å². The number of hydrogen-bond acceptors (Lipinski definition) is 5. The number of benzene rings is 2. The Hall–Kier alpha value is -3.67. The molecule has 9 heteroatoms. The Kier molecular flexibility index (Phi) is 5.60. The Morgan fingerprint density at radius 3 is 2.37 bits per heavy atom. The molecule has 1 amide bonds. The summed E-state index contributed by atoms with van der Waals surface area (Å²) in [7, 11) is 1.12. The molecule has 0 aliphatic heterocycles. The van der Waals surface area contributed by atoms with Crippen LogP contribution in [0.4, 0.5) is 24.5 Å². The molecule has 0 heterocycles. The number of alkyl halides is 3. The number of nitriles is 1. The molecule has 154 valence electrons. The molecule has 1 aliphatic carbocycles. The van der Waals surface area contributed by atoms with Crippen molar-refractivity contribution < 1.29 is 32.3 Å². The Labute approximate surface area is 169 Å². The van der Waals surface area contributed by atoms with Gasteiger partial charge in [0.15, 0.2) is 5.78 Å². The molecule has 2 aromatic carbocycles. The molecule has 3 rings (SSSR count). The monoisotopic (exact) mass is 416 g/mol. The van der Waals surface area contributed by atoms with E-state index in [1.807, 2.05) is 6.07 Å². The molecule has 1 atom stereocenters. The van der Waals surface area contributed by atoms with Crippen molar-refractivity contribution in [3.63, 3.8) is 0 Å². The fourth-order valence-electron chi connectivity index (χ4n) is 3.46. The summed E-state index contributed by atoms with van der Waals surface area (Å²) in [4.78, 5) is 37.2. The molecule has 0 saturated carbocycles. The zero-order chi connectivity index (χ0) is 22.1. The summed E-state index contributed by atoms with van der Waals surface area (Å²) < 4.78 is 44.9. The highest BCUT2D eigenvalue weighted by Crippen LogP contribution is 2.40. The number of halogens is 3. The molecular formula is C21H15F3N2O4. The highest BCUT2D eigenvalue weighted by molar-refractivity contribution is 6.08. The third kappa shape index (κ3) is 3.76. The van der Waals surface area contributed by atoms with Crippen LogP contribution in [0.25, 0.3) is 0 Å². The van der Waals surface area contributed by atoms with Crippen molar-refractivity contribution in [1.82, 2.24) is 0 Å². The van der Waals surface area contributed by atoms with Crippen LogP contribution >= 0.6 is 0 Å². The fraction of sp³-hybridized carbons (Fsp3) is 0.238. The second kappa shape index (κ2) is 7.99. The lowest BCUT2D eigenvalue weighted by Gasteiger charge is -2.30. The smallest absolute Gasteiger partial charge is 0.468 e. The Morgan fingerprint density at radius 1 is 1.13 bits per heavy atom. The molecule has 0 aromatic heterocycles. The minimum atomic E-state index is -5.18. The maximum Gasteiger partial charge on any atom is 0.472 e. The standard InChI is InChI=1S/C21H15F3N2O4/c1-30-19(28)18-15-3-2-4-16(14(15)9-10-17(18)27)26(20(29)21(22,23)24)13-7-5-12(11-25)6-8-13/h2-8,18H,9-10H2,1H3. The summed E-state index contributed by atoms with van der Waals surface area (Å²) in [6.45, 7) is 0. The quantitative estimate of drug-likeness (QED) is 0.564. The Bertz CT molecular complexity index is 1060. The Morgan fingerprint density at radius 2 is 1.80 bits per heavy atom. The Balaban J connectivity index is 2.21. The number of fused-ring (bicyclic) bond motifs is 1. The average molecular weight is 416 g/mol. The third-order valence-electron chi connectivity index (χ3n) is 4.82. The van der Waals surface area contributed by atoms with E-state index in [-0.39, 0.29) is 40.9 Å². The molecule has 1 aliphatic rings. The van der Waals surface area contributed by atoms with Gasteiger partial charge in [0.25, 0.3) is 0 Å². The van der Waals surface area contributed by atoms with Gasteiger partial charge in [-0.05, 0) is 47.9 Å². The van der Waals surface area contributed by atoms with Crippen molar-refractivity contribution in [3.8, 4) is 6.07 Å². The maximum absolute atomic E-state index is 13.4. The normalized spacial score (nSPS) is 15.7. The van der Waals surface area contributed by atoms with Crippen molar-refractivity contribution in [3.05, 3.63) is 59.2 Å². The average Bonchev–Trinajstić information content (AvgIpc) is 2.73. The molecule has 0 fully saturated rings. The van der Waals surface area contributed by atoms with Crippen LogP contribution in [0.1, 0.15) is 29.0 Å². The molecule has 0 radical (unpaired) electrons. The number of carbonyl (C=O) groups is 3. The summed E-state index contributed by atoms with van der Waals surface area (Å²) in [5.74, 6) is -4.61. The molecule has 30 heavy (non-hydrogen) atoms. The predicted molar refractivity (Wildman–Crippen MR) is 98.9 cm³/mol. The topological polar surface area (TPSA) is 87.5 Å². The van der Waals surface area contributed by atoms with E-state index in [2.05, 4.69) is 4.74 Å². The van der Waals surface area contributed by atoms with E-state index < -0.39 is 29.8 Å². The number of esters is 1. The first kappa shape index (κ1) is 21.0. The summed E-state index contributed by atoms with van der Waals surface area (Å²) in [5, 5.41) is 8.92. The van der Waals surface area contributed by atoms with Gasteiger partial charge in [-0.1, -0.05) is 12.1 Å². The van der Waals surface area contributed by atoms with Gasteiger partial charge in [-0.15, -0.1) is 0 Å². The van der Waals surface area contributed by atoms with Gasteiger partial charge in [0.05, 0.1) is 24.4 Å². The van der Waals surface area contributed by atoms with Crippen LogP contribution in [-0.4, -0.2) is 30.9 Å². The number of hydrogen-bond donors (Lipinski definition) is 0. The van der Waals surface area contributed by atoms with Crippen molar-refractivity contribution in [2.24, 2.45) is 0 Å². The van der Waals surface area contributed by atoms with Crippen LogP contribution in [0.15, 0.2) is 42.5 Å². The van der Waals surface area contributed by atoms with E-state index in [0.717, 1.165) is 7.11 Å². The highest BCUT2D eigenvalue weighted by atomic mass is 19.4. The lowest BCUT2D eigenvalue weighted by Crippen LogP contribution is -2.39. The van der Waals surface area contributed by atoms with Crippen LogP contribution in [0.2, 0.25) is 0 Å². The minimum absolute atomic E-state index is 0.0652. The summed E-state index contributed by atoms with van der Waals surface area (Å²) >= 11 is 0. The van der Waals surface area contributed by atoms with Gasteiger partial charge in [-0.2, -0.15) is 18.4 Å². The largest absolute Gasteiger partial charge is 0.472 e. The van der Waals surface area contributed by atoms with E-state index >= 15 is 0 Å². The van der Waals surface area contributed by atoms with E-state index in [1.165, 1.54) is 42.5 Å². The van der Waals surface area contributed by atoms with E-state index in [0.29, 0.717) is 4.90 Å². The van der Waals surface area contributed by atoms with Crippen LogP contribution in [-0.2, 0) is 25.5 Å². The molecule has 0 bridgehead atoms. The molecule has 0 N–H and O–H groups in total. The summed E-state index contributed by atoms with van der Waals surface area (Å²) in [6, 6.07) is 11.1. The number of ether oxygens (including phenoxy) is 1.